The molecule has 0 unspecified atom stereocenters. The monoisotopic (exact) mass is 487 g/mol. The molecule has 36 heavy (non-hydrogen) atoms. The molecule has 2 amide bonds. The van der Waals surface area contributed by atoms with E-state index in [1.807, 2.05) is 52.8 Å². The van der Waals surface area contributed by atoms with E-state index in [2.05, 4.69) is 25.7 Å². The topological polar surface area (TPSA) is 119 Å². The van der Waals surface area contributed by atoms with Crippen molar-refractivity contribution in [3.05, 3.63) is 77.8 Å². The molecule has 0 saturated heterocycles. The molecule has 4 rings (SSSR count). The normalized spacial score (nSPS) is 12.2. The molecule has 0 bridgehead atoms. The molecule has 186 valence electrons. The average molecular weight is 488 g/mol. The van der Waals surface area contributed by atoms with Gasteiger partial charge in [0, 0.05) is 23.6 Å². The maximum atomic E-state index is 13.8. The number of aryl methyl sites for hydroxylation is 2. The van der Waals surface area contributed by atoms with Crippen LogP contribution in [-0.2, 0) is 16.1 Å². The van der Waals surface area contributed by atoms with Crippen LogP contribution >= 0.6 is 0 Å². The number of hydrogen-bond donors (Lipinski definition) is 1. The second-order valence-electron chi connectivity index (χ2n) is 9.58. The highest BCUT2D eigenvalue weighted by Crippen LogP contribution is 2.29. The summed E-state index contributed by atoms with van der Waals surface area (Å²) >= 11 is 0. The van der Waals surface area contributed by atoms with E-state index in [4.69, 9.17) is 4.42 Å². The fourth-order valence-electron chi connectivity index (χ4n) is 3.78. The Kier molecular flexibility index (Phi) is 6.96. The van der Waals surface area contributed by atoms with Gasteiger partial charge in [-0.25, -0.2) is 0 Å². The molecule has 0 saturated carbocycles. The number of anilines is 1. The van der Waals surface area contributed by atoms with Crippen molar-refractivity contribution in [1.82, 2.24) is 30.5 Å². The van der Waals surface area contributed by atoms with Crippen molar-refractivity contribution in [2.45, 2.75) is 52.7 Å². The van der Waals surface area contributed by atoms with Crippen LogP contribution in [0.25, 0.3) is 11.6 Å². The lowest BCUT2D eigenvalue weighted by atomic mass is 10.0. The summed E-state index contributed by atoms with van der Waals surface area (Å²) in [6.45, 7) is 9.20. The molecule has 4 aromatic rings. The van der Waals surface area contributed by atoms with Crippen molar-refractivity contribution < 1.29 is 14.0 Å². The van der Waals surface area contributed by atoms with Gasteiger partial charge < -0.3 is 9.73 Å². The SMILES string of the molecule is Cc1cccc(N(C(=O)Cn2nnc(-c3ccc(C)o3)n2)[C@H](C(=O)NC(C)(C)C)c2ccncc2)c1. The molecular weight excluding hydrogens is 458 g/mol. The van der Waals surface area contributed by atoms with Gasteiger partial charge in [-0.3, -0.25) is 19.5 Å². The zero-order chi connectivity index (χ0) is 25.9. The molecule has 10 heteroatoms. The van der Waals surface area contributed by atoms with Crippen LogP contribution < -0.4 is 10.2 Å². The van der Waals surface area contributed by atoms with E-state index in [1.165, 1.54) is 9.70 Å². The van der Waals surface area contributed by atoms with E-state index in [9.17, 15) is 9.59 Å². The van der Waals surface area contributed by atoms with Crippen molar-refractivity contribution in [1.29, 1.82) is 0 Å². The number of carbonyl (C=O) groups excluding carboxylic acids is 2. The summed E-state index contributed by atoms with van der Waals surface area (Å²) in [4.78, 5) is 34.2. The van der Waals surface area contributed by atoms with Crippen LogP contribution in [0.5, 0.6) is 0 Å². The van der Waals surface area contributed by atoms with Gasteiger partial charge in [0.25, 0.3) is 5.91 Å². The van der Waals surface area contributed by atoms with Gasteiger partial charge >= 0.3 is 0 Å². The van der Waals surface area contributed by atoms with Crippen LogP contribution in [-0.4, -0.2) is 42.5 Å². The maximum absolute atomic E-state index is 13.8. The predicted octanol–water partition coefficient (Wildman–Crippen LogP) is 3.63. The number of nitrogens with one attached hydrogen (secondary N) is 1. The lowest BCUT2D eigenvalue weighted by Gasteiger charge is -2.33. The maximum Gasteiger partial charge on any atom is 0.251 e. The predicted molar refractivity (Wildman–Crippen MR) is 134 cm³/mol. The highest BCUT2D eigenvalue weighted by Gasteiger charge is 2.35. The number of hydrogen-bond acceptors (Lipinski definition) is 7. The first-order valence-corrected chi connectivity index (χ1v) is 11.6. The molecule has 0 aliphatic heterocycles. The minimum atomic E-state index is -0.947. The molecule has 3 aromatic heterocycles. The number of carbonyl (C=O) groups is 2. The van der Waals surface area contributed by atoms with E-state index in [-0.39, 0.29) is 24.2 Å². The molecule has 10 nitrogen and oxygen atoms in total. The molecule has 0 aliphatic carbocycles. The lowest BCUT2D eigenvalue weighted by Crippen LogP contribution is -2.50. The summed E-state index contributed by atoms with van der Waals surface area (Å²) in [6, 6.07) is 13.5. The molecule has 1 N–H and O–H groups in total. The number of tetrazole rings is 1. The molecule has 0 fully saturated rings. The van der Waals surface area contributed by atoms with Crippen LogP contribution in [0.2, 0.25) is 0 Å². The second-order valence-corrected chi connectivity index (χ2v) is 9.58. The third-order valence-corrected chi connectivity index (χ3v) is 5.27. The van der Waals surface area contributed by atoms with Gasteiger partial charge in [-0.05, 0) is 87.4 Å². The van der Waals surface area contributed by atoms with E-state index in [0.29, 0.717) is 22.8 Å². The van der Waals surface area contributed by atoms with E-state index in [1.54, 1.807) is 42.7 Å². The van der Waals surface area contributed by atoms with Gasteiger partial charge in [0.2, 0.25) is 11.7 Å². The number of pyridine rings is 1. The average Bonchev–Trinajstić information content (AvgIpc) is 3.45. The Morgan fingerprint density at radius 3 is 2.47 bits per heavy atom. The zero-order valence-electron chi connectivity index (χ0n) is 21.0. The van der Waals surface area contributed by atoms with Gasteiger partial charge in [-0.2, -0.15) is 4.80 Å². The van der Waals surface area contributed by atoms with E-state index in [0.717, 1.165) is 5.56 Å². The minimum Gasteiger partial charge on any atom is -0.458 e. The Morgan fingerprint density at radius 2 is 1.83 bits per heavy atom. The van der Waals surface area contributed by atoms with Crippen LogP contribution in [0, 0.1) is 13.8 Å². The van der Waals surface area contributed by atoms with Gasteiger partial charge in [0.05, 0.1) is 0 Å². The van der Waals surface area contributed by atoms with E-state index < -0.39 is 11.6 Å². The van der Waals surface area contributed by atoms with Crippen molar-refractivity contribution in [3.8, 4) is 11.6 Å². The van der Waals surface area contributed by atoms with Crippen LogP contribution in [0.4, 0.5) is 5.69 Å². The Bertz CT molecular complexity index is 1360. The third kappa shape index (κ3) is 5.83. The molecule has 0 spiro atoms. The Labute approximate surface area is 209 Å². The standard InChI is InChI=1S/C26H29N7O3/c1-17-7-6-8-20(15-17)33(23(19-11-13-27-14-12-19)25(35)28-26(3,4)5)22(34)16-32-30-24(29-31-32)21-10-9-18(2)36-21/h6-15,23H,16H2,1-5H3,(H,28,35)/t23-/m0/s1. The van der Waals surface area contributed by atoms with Gasteiger partial charge in [0.15, 0.2) is 5.76 Å². The molecule has 0 aliphatic rings. The summed E-state index contributed by atoms with van der Waals surface area (Å²) < 4.78 is 5.56. The summed E-state index contributed by atoms with van der Waals surface area (Å²) in [7, 11) is 0. The van der Waals surface area contributed by atoms with Crippen LogP contribution in [0.15, 0.2) is 65.3 Å². The summed E-state index contributed by atoms with van der Waals surface area (Å²) in [5.41, 5.74) is 1.64. The number of furan rings is 1. The van der Waals surface area contributed by atoms with Gasteiger partial charge in [-0.1, -0.05) is 12.1 Å². The Morgan fingerprint density at radius 1 is 1.08 bits per heavy atom. The minimum absolute atomic E-state index is 0.231. The number of benzene rings is 1. The van der Waals surface area contributed by atoms with Crippen LogP contribution in [0.1, 0.15) is 43.7 Å². The number of amides is 2. The Hall–Kier alpha value is -4.34. The zero-order valence-corrected chi connectivity index (χ0v) is 21.0. The van der Waals surface area contributed by atoms with Crippen LogP contribution in [0.3, 0.4) is 0 Å². The van der Waals surface area contributed by atoms with E-state index >= 15 is 0 Å². The second kappa shape index (κ2) is 10.1. The summed E-state index contributed by atoms with van der Waals surface area (Å²) in [5, 5.41) is 15.4. The summed E-state index contributed by atoms with van der Waals surface area (Å²) in [6.07, 6.45) is 3.20. The highest BCUT2D eigenvalue weighted by atomic mass is 16.3. The molecule has 1 atom stereocenters. The van der Waals surface area contributed by atoms with Gasteiger partial charge in [0.1, 0.15) is 18.3 Å². The lowest BCUT2D eigenvalue weighted by molar-refractivity contribution is -0.128. The smallest absolute Gasteiger partial charge is 0.251 e. The third-order valence-electron chi connectivity index (χ3n) is 5.27. The van der Waals surface area contributed by atoms with Gasteiger partial charge in [-0.15, -0.1) is 10.2 Å². The highest BCUT2D eigenvalue weighted by molar-refractivity contribution is 6.01. The quantitative estimate of drug-likeness (QED) is 0.423. The molecule has 1 aromatic carbocycles. The van der Waals surface area contributed by atoms with Crippen molar-refractivity contribution in [2.24, 2.45) is 0 Å². The fourth-order valence-corrected chi connectivity index (χ4v) is 3.78. The molecular formula is C26H29N7O3. The fraction of sp³-hybridized carbons (Fsp3) is 0.308. The van der Waals surface area contributed by atoms with Crippen molar-refractivity contribution >= 4 is 17.5 Å². The first kappa shape index (κ1) is 24.8. The Balaban J connectivity index is 1.73. The van der Waals surface area contributed by atoms with Crippen molar-refractivity contribution in [3.63, 3.8) is 0 Å². The number of rotatable bonds is 7. The number of nitrogens with zero attached hydrogens (tertiary/aromatic N) is 6. The summed E-state index contributed by atoms with van der Waals surface area (Å²) in [5.74, 6) is 0.746. The number of aromatic nitrogens is 5. The molecule has 0 radical (unpaired) electrons. The largest absolute Gasteiger partial charge is 0.458 e. The first-order valence-electron chi connectivity index (χ1n) is 11.6. The first-order chi connectivity index (χ1) is 17.1. The van der Waals surface area contributed by atoms with Crippen molar-refractivity contribution in [2.75, 3.05) is 4.90 Å². The molecule has 3 heterocycles.